The first-order valence-electron chi connectivity index (χ1n) is 9.80. The molecule has 0 unspecified atom stereocenters. The van der Waals surface area contributed by atoms with Crippen molar-refractivity contribution in [2.24, 2.45) is 0 Å². The van der Waals surface area contributed by atoms with E-state index in [2.05, 4.69) is 25.4 Å². The van der Waals surface area contributed by atoms with Crippen molar-refractivity contribution in [1.29, 1.82) is 0 Å². The van der Waals surface area contributed by atoms with Crippen LogP contribution in [-0.2, 0) is 6.61 Å². The second kappa shape index (κ2) is 8.56. The van der Waals surface area contributed by atoms with Crippen LogP contribution in [0.25, 0.3) is 20.8 Å². The first-order chi connectivity index (χ1) is 15.7. The summed E-state index contributed by atoms with van der Waals surface area (Å²) in [4.78, 5) is 25.9. The van der Waals surface area contributed by atoms with E-state index in [1.807, 2.05) is 30.3 Å². The fourth-order valence-electron chi connectivity index (χ4n) is 3.10. The highest BCUT2D eigenvalue weighted by atomic mass is 32.1. The maximum Gasteiger partial charge on any atom is 0.260 e. The zero-order valence-electron chi connectivity index (χ0n) is 17.0. The molecule has 0 spiro atoms. The van der Waals surface area contributed by atoms with Crippen molar-refractivity contribution >= 4 is 33.3 Å². The molecule has 1 amide bonds. The average Bonchev–Trinajstić information content (AvgIpc) is 3.44. The van der Waals surface area contributed by atoms with Gasteiger partial charge in [-0.3, -0.25) is 4.79 Å². The molecule has 0 atom stereocenters. The summed E-state index contributed by atoms with van der Waals surface area (Å²) < 4.78 is 11.8. The summed E-state index contributed by atoms with van der Waals surface area (Å²) >= 11 is 1.60. The Morgan fingerprint density at radius 1 is 1.06 bits per heavy atom. The van der Waals surface area contributed by atoms with Gasteiger partial charge in [0.25, 0.3) is 5.91 Å². The van der Waals surface area contributed by atoms with Gasteiger partial charge in [-0.25, -0.2) is 9.97 Å². The van der Waals surface area contributed by atoms with Crippen LogP contribution in [0.5, 0.6) is 5.75 Å². The molecule has 0 saturated carbocycles. The number of nitrogens with one attached hydrogen (secondary N) is 1. The van der Waals surface area contributed by atoms with Crippen LogP contribution in [0.3, 0.4) is 0 Å². The number of ether oxygens (including phenoxy) is 1. The Hall–Kier alpha value is -4.11. The van der Waals surface area contributed by atoms with Crippen molar-refractivity contribution < 1.29 is 14.1 Å². The minimum Gasteiger partial charge on any atom is -0.485 e. The number of fused-ring (bicyclic) bond motifs is 1. The molecule has 0 radical (unpaired) electrons. The standard InChI is InChI=1S/C23H17N5O3S/c1-14-25-21(28-31-14)13-30-18-8-4-2-6-16(18)22(29)27-20-11-10-15(12-24-20)23-26-17-7-3-5-9-19(17)32-23/h2-12H,13H2,1H3,(H,24,27,29). The molecule has 5 rings (SSSR count). The third kappa shape index (κ3) is 4.19. The number of hydrogen-bond donors (Lipinski definition) is 1. The predicted octanol–water partition coefficient (Wildman–Crippen LogP) is 4.88. The van der Waals surface area contributed by atoms with Gasteiger partial charge < -0.3 is 14.6 Å². The fourth-order valence-corrected chi connectivity index (χ4v) is 4.05. The highest BCUT2D eigenvalue weighted by molar-refractivity contribution is 7.21. The zero-order chi connectivity index (χ0) is 21.9. The molecule has 0 bridgehead atoms. The van der Waals surface area contributed by atoms with Crippen molar-refractivity contribution in [2.75, 3.05) is 5.32 Å². The van der Waals surface area contributed by atoms with Crippen molar-refractivity contribution in [3.05, 3.63) is 84.1 Å². The van der Waals surface area contributed by atoms with Crippen LogP contribution in [-0.4, -0.2) is 26.0 Å². The minimum atomic E-state index is -0.329. The lowest BCUT2D eigenvalue weighted by Crippen LogP contribution is -2.14. The summed E-state index contributed by atoms with van der Waals surface area (Å²) in [5.74, 6) is 1.38. The molecule has 158 valence electrons. The number of hydrogen-bond acceptors (Lipinski definition) is 8. The molecule has 0 aliphatic rings. The van der Waals surface area contributed by atoms with Crippen molar-refractivity contribution in [3.63, 3.8) is 0 Å². The highest BCUT2D eigenvalue weighted by Gasteiger charge is 2.14. The molecule has 0 fully saturated rings. The summed E-state index contributed by atoms with van der Waals surface area (Å²) in [6, 6.07) is 18.6. The van der Waals surface area contributed by atoms with Crippen LogP contribution in [0.1, 0.15) is 22.1 Å². The SMILES string of the molecule is Cc1nc(COc2ccccc2C(=O)Nc2ccc(-c3nc4ccccc4s3)cn2)no1. The van der Waals surface area contributed by atoms with E-state index in [1.165, 1.54) is 0 Å². The Bertz CT molecular complexity index is 1360. The van der Waals surface area contributed by atoms with E-state index in [0.29, 0.717) is 28.8 Å². The van der Waals surface area contributed by atoms with Crippen molar-refractivity contribution in [1.82, 2.24) is 20.1 Å². The minimum absolute atomic E-state index is 0.0940. The Morgan fingerprint density at radius 2 is 1.91 bits per heavy atom. The largest absolute Gasteiger partial charge is 0.485 e. The van der Waals surface area contributed by atoms with E-state index in [-0.39, 0.29) is 12.5 Å². The smallest absolute Gasteiger partial charge is 0.260 e. The quantitative estimate of drug-likeness (QED) is 0.399. The van der Waals surface area contributed by atoms with Crippen LogP contribution in [0.2, 0.25) is 0 Å². The molecule has 1 N–H and O–H groups in total. The number of aromatic nitrogens is 4. The van der Waals surface area contributed by atoms with Gasteiger partial charge in [0, 0.05) is 18.7 Å². The summed E-state index contributed by atoms with van der Waals surface area (Å²) in [6.07, 6.45) is 1.70. The number of aryl methyl sites for hydroxylation is 1. The van der Waals surface area contributed by atoms with Gasteiger partial charge >= 0.3 is 0 Å². The molecule has 5 aromatic rings. The Morgan fingerprint density at radius 3 is 2.69 bits per heavy atom. The van der Waals surface area contributed by atoms with Gasteiger partial charge in [-0.2, -0.15) is 4.98 Å². The van der Waals surface area contributed by atoms with Gasteiger partial charge in [0.1, 0.15) is 16.6 Å². The second-order valence-corrected chi connectivity index (χ2v) is 7.92. The third-order valence-electron chi connectivity index (χ3n) is 4.60. The monoisotopic (exact) mass is 443 g/mol. The number of rotatable bonds is 6. The van der Waals surface area contributed by atoms with Crippen molar-refractivity contribution in [2.45, 2.75) is 13.5 Å². The van der Waals surface area contributed by atoms with Gasteiger partial charge in [-0.05, 0) is 36.4 Å². The van der Waals surface area contributed by atoms with E-state index in [1.54, 1.807) is 54.8 Å². The van der Waals surface area contributed by atoms with Gasteiger partial charge in [-0.15, -0.1) is 11.3 Å². The van der Waals surface area contributed by atoms with E-state index in [0.717, 1.165) is 20.8 Å². The third-order valence-corrected chi connectivity index (χ3v) is 5.69. The summed E-state index contributed by atoms with van der Waals surface area (Å²) in [5, 5.41) is 7.49. The van der Waals surface area contributed by atoms with E-state index >= 15 is 0 Å². The fraction of sp³-hybridized carbons (Fsp3) is 0.0870. The molecule has 3 heterocycles. The molecule has 0 aliphatic heterocycles. The number of carbonyl (C=O) groups excluding carboxylic acids is 1. The van der Waals surface area contributed by atoms with Crippen LogP contribution >= 0.6 is 11.3 Å². The zero-order valence-corrected chi connectivity index (χ0v) is 17.8. The van der Waals surface area contributed by atoms with Crippen LogP contribution < -0.4 is 10.1 Å². The predicted molar refractivity (Wildman–Crippen MR) is 121 cm³/mol. The Labute approximate surface area is 186 Å². The number of pyridine rings is 1. The van der Waals surface area contributed by atoms with E-state index < -0.39 is 0 Å². The summed E-state index contributed by atoms with van der Waals surface area (Å²) in [6.45, 7) is 1.80. The average molecular weight is 443 g/mol. The topological polar surface area (TPSA) is 103 Å². The molecule has 3 aromatic heterocycles. The number of amides is 1. The van der Waals surface area contributed by atoms with Gasteiger partial charge in [0.15, 0.2) is 6.61 Å². The van der Waals surface area contributed by atoms with Gasteiger partial charge in [0.2, 0.25) is 11.7 Å². The molecular weight excluding hydrogens is 426 g/mol. The maximum absolute atomic E-state index is 12.8. The highest BCUT2D eigenvalue weighted by Crippen LogP contribution is 2.30. The van der Waals surface area contributed by atoms with Crippen LogP contribution in [0.4, 0.5) is 5.82 Å². The Balaban J connectivity index is 1.29. The number of anilines is 1. The number of carbonyl (C=O) groups is 1. The van der Waals surface area contributed by atoms with E-state index in [9.17, 15) is 4.79 Å². The van der Waals surface area contributed by atoms with Crippen LogP contribution in [0, 0.1) is 6.92 Å². The van der Waals surface area contributed by atoms with Crippen LogP contribution in [0.15, 0.2) is 71.4 Å². The van der Waals surface area contributed by atoms with E-state index in [4.69, 9.17) is 9.26 Å². The number of nitrogens with zero attached hydrogens (tertiary/aromatic N) is 4. The molecule has 32 heavy (non-hydrogen) atoms. The number of para-hydroxylation sites is 2. The lowest BCUT2D eigenvalue weighted by molar-refractivity contribution is 0.102. The molecule has 8 nitrogen and oxygen atoms in total. The lowest BCUT2D eigenvalue weighted by atomic mass is 10.2. The molecular formula is C23H17N5O3S. The molecule has 9 heteroatoms. The normalized spacial score (nSPS) is 10.9. The van der Waals surface area contributed by atoms with Gasteiger partial charge in [-0.1, -0.05) is 29.4 Å². The molecule has 0 saturated heterocycles. The lowest BCUT2D eigenvalue weighted by Gasteiger charge is -2.10. The first kappa shape index (κ1) is 19.8. The summed E-state index contributed by atoms with van der Waals surface area (Å²) in [7, 11) is 0. The number of benzene rings is 2. The van der Waals surface area contributed by atoms with Gasteiger partial charge in [0.05, 0.1) is 15.8 Å². The first-order valence-corrected chi connectivity index (χ1v) is 10.6. The molecule has 2 aromatic carbocycles. The number of thiazole rings is 1. The molecule has 0 aliphatic carbocycles. The maximum atomic E-state index is 12.8. The Kier molecular flexibility index (Phi) is 5.30. The second-order valence-electron chi connectivity index (χ2n) is 6.89. The summed E-state index contributed by atoms with van der Waals surface area (Å²) in [5.41, 5.74) is 2.23. The van der Waals surface area contributed by atoms with Crippen molar-refractivity contribution in [3.8, 4) is 16.3 Å².